The van der Waals surface area contributed by atoms with Crippen molar-refractivity contribution in [3.05, 3.63) is 146 Å². The number of carbonyl (C=O) groups is 3. The van der Waals surface area contributed by atoms with E-state index in [1.165, 1.54) is 44.9 Å². The monoisotopic (exact) mass is 1020 g/mol. The highest BCUT2D eigenvalue weighted by Crippen LogP contribution is 2.13. The Morgan fingerprint density at radius 1 is 0.284 bits per heavy atom. The van der Waals surface area contributed by atoms with Gasteiger partial charge in [-0.15, -0.1) is 0 Å². The van der Waals surface area contributed by atoms with E-state index in [1.807, 2.05) is 0 Å². The lowest BCUT2D eigenvalue weighted by Crippen LogP contribution is -2.30. The van der Waals surface area contributed by atoms with Crippen LogP contribution in [0.1, 0.15) is 245 Å². The molecule has 0 aromatic heterocycles. The van der Waals surface area contributed by atoms with Gasteiger partial charge in [0.15, 0.2) is 6.10 Å². The predicted molar refractivity (Wildman–Crippen MR) is 320 cm³/mol. The van der Waals surface area contributed by atoms with Crippen LogP contribution < -0.4 is 0 Å². The quantitative estimate of drug-likeness (QED) is 0.0261. The van der Waals surface area contributed by atoms with Gasteiger partial charge in [0.2, 0.25) is 0 Å². The second kappa shape index (κ2) is 60.8. The fraction of sp³-hybridized carbons (Fsp3) is 0.603. The van der Waals surface area contributed by atoms with Gasteiger partial charge in [-0.25, -0.2) is 0 Å². The third kappa shape index (κ3) is 58.2. The molecule has 0 fully saturated rings. The average molecular weight is 1020 g/mol. The summed E-state index contributed by atoms with van der Waals surface area (Å²) in [6, 6.07) is 0. The van der Waals surface area contributed by atoms with Crippen LogP contribution in [-0.2, 0) is 28.6 Å². The van der Waals surface area contributed by atoms with Crippen LogP contribution in [0.3, 0.4) is 0 Å². The molecular formula is C68H108O6. The molecule has 0 amide bonds. The van der Waals surface area contributed by atoms with E-state index < -0.39 is 6.10 Å². The predicted octanol–water partition coefficient (Wildman–Crippen LogP) is 20.4. The van der Waals surface area contributed by atoms with Crippen molar-refractivity contribution in [3.8, 4) is 0 Å². The van der Waals surface area contributed by atoms with Crippen molar-refractivity contribution >= 4 is 17.9 Å². The maximum absolute atomic E-state index is 12.9. The fourth-order valence-electron chi connectivity index (χ4n) is 7.63. The Morgan fingerprint density at radius 3 is 0.838 bits per heavy atom. The van der Waals surface area contributed by atoms with Crippen molar-refractivity contribution in [1.29, 1.82) is 0 Å². The summed E-state index contributed by atoms with van der Waals surface area (Å²) in [6.07, 6.45) is 86.9. The van der Waals surface area contributed by atoms with Crippen molar-refractivity contribution in [2.45, 2.75) is 252 Å². The molecule has 0 saturated heterocycles. The zero-order valence-corrected chi connectivity index (χ0v) is 47.5. The molecule has 6 heteroatoms. The zero-order valence-electron chi connectivity index (χ0n) is 47.5. The Balaban J connectivity index is 4.49. The van der Waals surface area contributed by atoms with Crippen molar-refractivity contribution in [2.75, 3.05) is 13.2 Å². The molecule has 0 aliphatic rings. The van der Waals surface area contributed by atoms with E-state index in [0.29, 0.717) is 19.3 Å². The molecule has 1 atom stereocenters. The Labute approximate surface area is 455 Å². The van der Waals surface area contributed by atoms with Crippen molar-refractivity contribution in [2.24, 2.45) is 0 Å². The van der Waals surface area contributed by atoms with Gasteiger partial charge >= 0.3 is 17.9 Å². The Kier molecular flexibility index (Phi) is 57.0. The van der Waals surface area contributed by atoms with Gasteiger partial charge < -0.3 is 14.2 Å². The van der Waals surface area contributed by atoms with Crippen LogP contribution in [0.25, 0.3) is 0 Å². The summed E-state index contributed by atoms with van der Waals surface area (Å²) >= 11 is 0. The fourth-order valence-corrected chi connectivity index (χ4v) is 7.63. The summed E-state index contributed by atoms with van der Waals surface area (Å²) in [5.41, 5.74) is 0. The highest BCUT2D eigenvalue weighted by Gasteiger charge is 2.19. The van der Waals surface area contributed by atoms with Gasteiger partial charge in [-0.05, 0) is 135 Å². The largest absolute Gasteiger partial charge is 0.462 e. The summed E-state index contributed by atoms with van der Waals surface area (Å²) in [4.78, 5) is 38.2. The normalized spacial score (nSPS) is 13.2. The Morgan fingerprint density at radius 2 is 0.527 bits per heavy atom. The molecule has 0 aliphatic carbocycles. The number of esters is 3. The second-order valence-electron chi connectivity index (χ2n) is 19.1. The van der Waals surface area contributed by atoms with Gasteiger partial charge in [-0.2, -0.15) is 0 Å². The summed E-state index contributed by atoms with van der Waals surface area (Å²) in [5.74, 6) is -0.969. The van der Waals surface area contributed by atoms with E-state index in [4.69, 9.17) is 14.2 Å². The second-order valence-corrected chi connectivity index (χ2v) is 19.1. The Hall–Kier alpha value is -4.71. The summed E-state index contributed by atoms with van der Waals surface area (Å²) in [7, 11) is 0. The van der Waals surface area contributed by atoms with E-state index in [0.717, 1.165) is 154 Å². The minimum Gasteiger partial charge on any atom is -0.462 e. The number of allylic oxidation sites excluding steroid dienone is 24. The van der Waals surface area contributed by atoms with E-state index in [-0.39, 0.29) is 37.5 Å². The van der Waals surface area contributed by atoms with Crippen LogP contribution in [-0.4, -0.2) is 37.2 Å². The first-order chi connectivity index (χ1) is 36.5. The zero-order chi connectivity index (χ0) is 53.6. The van der Waals surface area contributed by atoms with Crippen LogP contribution in [0.5, 0.6) is 0 Å². The lowest BCUT2D eigenvalue weighted by Gasteiger charge is -2.18. The summed E-state index contributed by atoms with van der Waals surface area (Å²) in [5, 5.41) is 0. The minimum atomic E-state index is -0.814. The van der Waals surface area contributed by atoms with Crippen LogP contribution in [0.2, 0.25) is 0 Å². The minimum absolute atomic E-state index is 0.108. The van der Waals surface area contributed by atoms with Crippen LogP contribution in [0.4, 0.5) is 0 Å². The van der Waals surface area contributed by atoms with Crippen LogP contribution >= 0.6 is 0 Å². The topological polar surface area (TPSA) is 78.9 Å². The van der Waals surface area contributed by atoms with Crippen molar-refractivity contribution in [3.63, 3.8) is 0 Å². The third-order valence-electron chi connectivity index (χ3n) is 12.1. The number of ether oxygens (including phenoxy) is 3. The molecule has 0 heterocycles. The molecule has 6 nitrogen and oxygen atoms in total. The molecule has 0 radical (unpaired) electrons. The maximum atomic E-state index is 12.9. The number of hydrogen-bond acceptors (Lipinski definition) is 6. The summed E-state index contributed by atoms with van der Waals surface area (Å²) in [6.45, 7) is 6.31. The van der Waals surface area contributed by atoms with Crippen LogP contribution in [0.15, 0.2) is 146 Å². The highest BCUT2D eigenvalue weighted by molar-refractivity contribution is 5.71. The van der Waals surface area contributed by atoms with Gasteiger partial charge in [0.1, 0.15) is 13.2 Å². The molecule has 416 valence electrons. The lowest BCUT2D eigenvalue weighted by molar-refractivity contribution is -0.167. The van der Waals surface area contributed by atoms with Gasteiger partial charge in [0, 0.05) is 19.3 Å². The van der Waals surface area contributed by atoms with Gasteiger partial charge in [-0.3, -0.25) is 14.4 Å². The Bertz CT molecular complexity index is 1640. The number of carbonyl (C=O) groups excluding carboxylic acids is 3. The maximum Gasteiger partial charge on any atom is 0.306 e. The molecular weight excluding hydrogens is 913 g/mol. The standard InChI is InChI=1S/C68H108O6/c1-4-7-10-13-16-19-22-25-28-30-32-33-34-35-37-38-40-43-46-49-52-55-58-61-67(70)73-64-65(63-72-66(69)60-57-54-51-48-45-42-27-24-21-18-15-12-9-6-3)74-68(71)62-59-56-53-50-47-44-41-39-36-31-29-26-23-20-17-14-11-8-5-2/h7-8,10-11,15-20,24-29,32-33,35-37,39,44,47,65H,4-6,9,12-14,21-23,30-31,34,38,40-43,45-46,48-64H2,1-3H3/b10-7-,11-8-,18-15-,19-16-,20-17-,27-24-,28-25-,29-26-,33-32-,37-35-,39-36-,47-44-. The lowest BCUT2D eigenvalue weighted by atomic mass is 10.1. The van der Waals surface area contributed by atoms with E-state index in [1.54, 1.807) is 0 Å². The molecule has 74 heavy (non-hydrogen) atoms. The number of rotatable bonds is 52. The van der Waals surface area contributed by atoms with E-state index >= 15 is 0 Å². The van der Waals surface area contributed by atoms with Gasteiger partial charge in [-0.1, -0.05) is 237 Å². The molecule has 1 unspecified atom stereocenters. The highest BCUT2D eigenvalue weighted by atomic mass is 16.6. The first-order valence-electron chi connectivity index (χ1n) is 29.8. The van der Waals surface area contributed by atoms with Crippen molar-refractivity contribution < 1.29 is 28.6 Å². The first kappa shape index (κ1) is 69.3. The SMILES string of the molecule is CC/C=C\C/C=C\C/C=C\C/C=C\C/C=C\CCCCCCCCCC(=O)OCC(COC(=O)CCCCCCC/C=C\C/C=C\CCCC)OC(=O)CCCCC/C=C\C/C=C\C/C=C\C/C=C\C/C=C\CC. The summed E-state index contributed by atoms with van der Waals surface area (Å²) < 4.78 is 16.8. The molecule has 0 aliphatic heterocycles. The molecule has 0 bridgehead atoms. The van der Waals surface area contributed by atoms with Gasteiger partial charge in [0.25, 0.3) is 0 Å². The smallest absolute Gasteiger partial charge is 0.306 e. The average Bonchev–Trinajstić information content (AvgIpc) is 3.40. The van der Waals surface area contributed by atoms with Crippen molar-refractivity contribution in [1.82, 2.24) is 0 Å². The molecule has 0 aromatic rings. The number of unbranched alkanes of at least 4 members (excludes halogenated alkanes) is 17. The van der Waals surface area contributed by atoms with Crippen LogP contribution in [0, 0.1) is 0 Å². The molecule has 0 N–H and O–H groups in total. The molecule has 0 saturated carbocycles. The molecule has 0 aromatic carbocycles. The van der Waals surface area contributed by atoms with E-state index in [2.05, 4.69) is 167 Å². The number of hydrogen-bond donors (Lipinski definition) is 0. The first-order valence-corrected chi connectivity index (χ1v) is 29.8. The van der Waals surface area contributed by atoms with Gasteiger partial charge in [0.05, 0.1) is 0 Å². The molecule has 0 spiro atoms. The third-order valence-corrected chi connectivity index (χ3v) is 12.1. The van der Waals surface area contributed by atoms with E-state index in [9.17, 15) is 14.4 Å². The molecule has 0 rings (SSSR count).